The summed E-state index contributed by atoms with van der Waals surface area (Å²) in [5.41, 5.74) is 0. The molecule has 2 rings (SSSR count). The third kappa shape index (κ3) is 5.77. The molecule has 2 heterocycles. The van der Waals surface area contributed by atoms with Gasteiger partial charge in [-0.05, 0) is 44.7 Å². The molecule has 5 heteroatoms. The van der Waals surface area contributed by atoms with E-state index in [0.717, 1.165) is 13.1 Å². The van der Waals surface area contributed by atoms with Crippen LogP contribution in [0.15, 0.2) is 17.5 Å². The van der Waals surface area contributed by atoms with Gasteiger partial charge in [0.15, 0.2) is 0 Å². The molecule has 1 saturated heterocycles. The summed E-state index contributed by atoms with van der Waals surface area (Å²) in [6, 6.07) is 4.99. The summed E-state index contributed by atoms with van der Waals surface area (Å²) in [5.74, 6) is 0.118. The van der Waals surface area contributed by atoms with Crippen LogP contribution >= 0.6 is 11.3 Å². The Hall–Kier alpha value is -0.910. The first-order valence-electron chi connectivity index (χ1n) is 7.91. The summed E-state index contributed by atoms with van der Waals surface area (Å²) in [4.78, 5) is 15.6. The molecule has 2 N–H and O–H groups in total. The fourth-order valence-electron chi connectivity index (χ4n) is 2.66. The molecule has 1 atom stereocenters. The molecular weight excluding hydrogens is 282 g/mol. The number of carbonyl (C=O) groups is 1. The molecule has 0 aromatic carbocycles. The van der Waals surface area contributed by atoms with Crippen LogP contribution in [0.25, 0.3) is 0 Å². The van der Waals surface area contributed by atoms with Gasteiger partial charge in [-0.2, -0.15) is 0 Å². The van der Waals surface area contributed by atoms with E-state index < -0.39 is 0 Å². The van der Waals surface area contributed by atoms with Crippen LogP contribution in [0.4, 0.5) is 0 Å². The molecule has 1 aromatic heterocycles. The Labute approximate surface area is 131 Å². The molecule has 1 aliphatic rings. The van der Waals surface area contributed by atoms with Gasteiger partial charge in [-0.3, -0.25) is 9.69 Å². The molecule has 1 aliphatic heterocycles. The van der Waals surface area contributed by atoms with Gasteiger partial charge in [0.2, 0.25) is 5.91 Å². The van der Waals surface area contributed by atoms with E-state index >= 15 is 0 Å². The molecule has 1 aromatic rings. The van der Waals surface area contributed by atoms with Crippen molar-refractivity contribution in [2.45, 2.75) is 51.7 Å². The van der Waals surface area contributed by atoms with Crippen LogP contribution in [0.1, 0.15) is 38.0 Å². The van der Waals surface area contributed by atoms with E-state index in [0.29, 0.717) is 25.2 Å². The SMILES string of the molecule is CC(C)N(CC(=O)NCc1cccs1)CC1CCCCN1. The Morgan fingerprint density at radius 3 is 3.00 bits per heavy atom. The maximum absolute atomic E-state index is 12.1. The van der Waals surface area contributed by atoms with Crippen LogP contribution in [-0.2, 0) is 11.3 Å². The van der Waals surface area contributed by atoms with Crippen molar-refractivity contribution in [1.82, 2.24) is 15.5 Å². The standard InChI is InChI=1S/C16H27N3OS/c1-13(2)19(11-14-6-3-4-8-17-14)12-16(20)18-10-15-7-5-9-21-15/h5,7,9,13-14,17H,3-4,6,8,10-12H2,1-2H3,(H,18,20). The number of carbonyl (C=O) groups excluding carboxylic acids is 1. The highest BCUT2D eigenvalue weighted by Crippen LogP contribution is 2.11. The van der Waals surface area contributed by atoms with Gasteiger partial charge in [0.05, 0.1) is 13.1 Å². The molecule has 1 fully saturated rings. The first-order chi connectivity index (χ1) is 10.1. The number of hydrogen-bond acceptors (Lipinski definition) is 4. The molecule has 0 spiro atoms. The first-order valence-corrected chi connectivity index (χ1v) is 8.79. The van der Waals surface area contributed by atoms with E-state index in [9.17, 15) is 4.79 Å². The average molecular weight is 309 g/mol. The number of piperidine rings is 1. The zero-order chi connectivity index (χ0) is 15.1. The van der Waals surface area contributed by atoms with Crippen LogP contribution in [0.3, 0.4) is 0 Å². The van der Waals surface area contributed by atoms with Gasteiger partial charge < -0.3 is 10.6 Å². The highest BCUT2D eigenvalue weighted by Gasteiger charge is 2.20. The summed E-state index contributed by atoms with van der Waals surface area (Å²) in [7, 11) is 0. The van der Waals surface area contributed by atoms with Gasteiger partial charge in [0.25, 0.3) is 0 Å². The minimum Gasteiger partial charge on any atom is -0.350 e. The van der Waals surface area contributed by atoms with E-state index in [1.807, 2.05) is 11.4 Å². The van der Waals surface area contributed by atoms with Crippen LogP contribution in [0, 0.1) is 0 Å². The van der Waals surface area contributed by atoms with Gasteiger partial charge >= 0.3 is 0 Å². The maximum atomic E-state index is 12.1. The monoisotopic (exact) mass is 309 g/mol. The van der Waals surface area contributed by atoms with Gasteiger partial charge in [0.1, 0.15) is 0 Å². The Bertz CT molecular complexity index is 413. The average Bonchev–Trinajstić information content (AvgIpc) is 2.99. The minimum absolute atomic E-state index is 0.118. The lowest BCUT2D eigenvalue weighted by Crippen LogP contribution is -2.49. The highest BCUT2D eigenvalue weighted by atomic mass is 32.1. The Morgan fingerprint density at radius 1 is 1.52 bits per heavy atom. The van der Waals surface area contributed by atoms with Gasteiger partial charge in [-0.25, -0.2) is 0 Å². The van der Waals surface area contributed by atoms with Crippen molar-refractivity contribution < 1.29 is 4.79 Å². The van der Waals surface area contributed by atoms with Crippen LogP contribution in [0.2, 0.25) is 0 Å². The number of rotatable bonds is 7. The molecule has 1 amide bonds. The van der Waals surface area contributed by atoms with Crippen molar-refractivity contribution in [3.8, 4) is 0 Å². The van der Waals surface area contributed by atoms with E-state index in [-0.39, 0.29) is 5.91 Å². The zero-order valence-corrected chi connectivity index (χ0v) is 13.9. The third-order valence-electron chi connectivity index (χ3n) is 3.98. The lowest BCUT2D eigenvalue weighted by molar-refractivity contribution is -0.122. The molecule has 4 nitrogen and oxygen atoms in total. The second-order valence-corrected chi connectivity index (χ2v) is 7.06. The number of amides is 1. The molecule has 0 aliphatic carbocycles. The third-order valence-corrected chi connectivity index (χ3v) is 4.86. The van der Waals surface area contributed by atoms with Crippen molar-refractivity contribution in [2.24, 2.45) is 0 Å². The molecule has 0 saturated carbocycles. The largest absolute Gasteiger partial charge is 0.350 e. The molecule has 0 bridgehead atoms. The minimum atomic E-state index is 0.118. The van der Waals surface area contributed by atoms with E-state index in [4.69, 9.17) is 0 Å². The second-order valence-electron chi connectivity index (χ2n) is 6.03. The summed E-state index contributed by atoms with van der Waals surface area (Å²) in [5, 5.41) is 8.62. The maximum Gasteiger partial charge on any atom is 0.234 e. The second kappa shape index (κ2) is 8.51. The topological polar surface area (TPSA) is 44.4 Å². The molecule has 21 heavy (non-hydrogen) atoms. The number of nitrogens with zero attached hydrogens (tertiary/aromatic N) is 1. The fraction of sp³-hybridized carbons (Fsp3) is 0.688. The molecule has 1 unspecified atom stereocenters. The van der Waals surface area contributed by atoms with E-state index in [1.54, 1.807) is 11.3 Å². The number of hydrogen-bond donors (Lipinski definition) is 2. The summed E-state index contributed by atoms with van der Waals surface area (Å²) >= 11 is 1.68. The van der Waals surface area contributed by atoms with Gasteiger partial charge in [-0.1, -0.05) is 12.5 Å². The zero-order valence-electron chi connectivity index (χ0n) is 13.1. The Morgan fingerprint density at radius 2 is 2.38 bits per heavy atom. The first kappa shape index (κ1) is 16.5. The van der Waals surface area contributed by atoms with Crippen molar-refractivity contribution in [3.63, 3.8) is 0 Å². The van der Waals surface area contributed by atoms with Crippen LogP contribution in [-0.4, -0.2) is 42.5 Å². The smallest absolute Gasteiger partial charge is 0.234 e. The predicted octanol–water partition coefficient (Wildman–Crippen LogP) is 2.22. The normalized spacial score (nSPS) is 19.1. The summed E-state index contributed by atoms with van der Waals surface area (Å²) < 4.78 is 0. The lowest BCUT2D eigenvalue weighted by Gasteiger charge is -2.32. The molecular formula is C16H27N3OS. The van der Waals surface area contributed by atoms with Crippen molar-refractivity contribution in [2.75, 3.05) is 19.6 Å². The van der Waals surface area contributed by atoms with Gasteiger partial charge in [0, 0.05) is 23.5 Å². The van der Waals surface area contributed by atoms with E-state index in [1.165, 1.54) is 24.1 Å². The number of thiophene rings is 1. The fourth-order valence-corrected chi connectivity index (χ4v) is 3.30. The van der Waals surface area contributed by atoms with Crippen molar-refractivity contribution in [3.05, 3.63) is 22.4 Å². The Balaban J connectivity index is 1.76. The van der Waals surface area contributed by atoms with Gasteiger partial charge in [-0.15, -0.1) is 11.3 Å². The predicted molar refractivity (Wildman–Crippen MR) is 88.5 cm³/mol. The van der Waals surface area contributed by atoms with Crippen LogP contribution < -0.4 is 10.6 Å². The van der Waals surface area contributed by atoms with Crippen LogP contribution in [0.5, 0.6) is 0 Å². The number of nitrogens with one attached hydrogen (secondary N) is 2. The molecule has 118 valence electrons. The van der Waals surface area contributed by atoms with E-state index in [2.05, 4.69) is 35.4 Å². The highest BCUT2D eigenvalue weighted by molar-refractivity contribution is 7.09. The summed E-state index contributed by atoms with van der Waals surface area (Å²) in [6.07, 6.45) is 3.80. The quantitative estimate of drug-likeness (QED) is 0.812. The lowest BCUT2D eigenvalue weighted by atomic mass is 10.0. The Kier molecular flexibility index (Phi) is 6.67. The molecule has 0 radical (unpaired) electrons. The van der Waals surface area contributed by atoms with Crippen molar-refractivity contribution in [1.29, 1.82) is 0 Å². The summed E-state index contributed by atoms with van der Waals surface area (Å²) in [6.45, 7) is 7.53. The van der Waals surface area contributed by atoms with Crippen molar-refractivity contribution >= 4 is 17.2 Å².